The fraction of sp³-hybridized carbons (Fsp3) is 0.846. The molecule has 5 nitrogen and oxygen atoms in total. The Morgan fingerprint density at radius 1 is 1.33 bits per heavy atom. The molecule has 0 radical (unpaired) electrons. The van der Waals surface area contributed by atoms with Crippen LogP contribution in [-0.4, -0.2) is 41.9 Å². The highest BCUT2D eigenvalue weighted by atomic mass is 16.2. The molecule has 0 saturated carbocycles. The SMILES string of the molecule is CCCC(C)(N)C(=O)NCCC(=O)N1CCCC1. The zero-order chi connectivity index (χ0) is 13.6. The van der Waals surface area contributed by atoms with Gasteiger partial charge < -0.3 is 16.0 Å². The molecule has 18 heavy (non-hydrogen) atoms. The second-order valence-corrected chi connectivity index (χ2v) is 5.26. The van der Waals surface area contributed by atoms with Crippen molar-refractivity contribution in [1.29, 1.82) is 0 Å². The van der Waals surface area contributed by atoms with Crippen molar-refractivity contribution in [2.24, 2.45) is 5.73 Å². The van der Waals surface area contributed by atoms with Crippen molar-refractivity contribution < 1.29 is 9.59 Å². The number of carbonyl (C=O) groups is 2. The maximum atomic E-state index is 11.8. The van der Waals surface area contributed by atoms with Gasteiger partial charge >= 0.3 is 0 Å². The van der Waals surface area contributed by atoms with Crippen LogP contribution >= 0.6 is 0 Å². The summed E-state index contributed by atoms with van der Waals surface area (Å²) in [5, 5.41) is 2.75. The number of likely N-dealkylation sites (tertiary alicyclic amines) is 1. The van der Waals surface area contributed by atoms with Gasteiger partial charge in [0.25, 0.3) is 0 Å². The Bertz CT molecular complexity index is 297. The fourth-order valence-corrected chi connectivity index (χ4v) is 2.24. The van der Waals surface area contributed by atoms with Crippen LogP contribution in [0.5, 0.6) is 0 Å². The van der Waals surface area contributed by atoms with Crippen molar-refractivity contribution in [3.05, 3.63) is 0 Å². The van der Waals surface area contributed by atoms with E-state index in [2.05, 4.69) is 5.32 Å². The van der Waals surface area contributed by atoms with Crippen molar-refractivity contribution in [1.82, 2.24) is 10.2 Å². The summed E-state index contributed by atoms with van der Waals surface area (Å²) in [5.74, 6) is -0.0411. The molecule has 104 valence electrons. The van der Waals surface area contributed by atoms with Gasteiger partial charge in [-0.1, -0.05) is 13.3 Å². The molecule has 1 fully saturated rings. The quantitative estimate of drug-likeness (QED) is 0.731. The summed E-state index contributed by atoms with van der Waals surface area (Å²) >= 11 is 0. The molecule has 5 heteroatoms. The Morgan fingerprint density at radius 2 is 1.94 bits per heavy atom. The second kappa shape index (κ2) is 6.73. The lowest BCUT2D eigenvalue weighted by molar-refractivity contribution is -0.130. The minimum Gasteiger partial charge on any atom is -0.354 e. The highest BCUT2D eigenvalue weighted by molar-refractivity contribution is 5.86. The van der Waals surface area contributed by atoms with Gasteiger partial charge in [0.1, 0.15) is 0 Å². The average Bonchev–Trinajstić information content (AvgIpc) is 2.82. The molecule has 0 aromatic carbocycles. The third-order valence-corrected chi connectivity index (χ3v) is 3.37. The second-order valence-electron chi connectivity index (χ2n) is 5.26. The first kappa shape index (κ1) is 15.0. The van der Waals surface area contributed by atoms with Gasteiger partial charge in [0.15, 0.2) is 0 Å². The zero-order valence-electron chi connectivity index (χ0n) is 11.5. The van der Waals surface area contributed by atoms with Crippen molar-refractivity contribution in [3.63, 3.8) is 0 Å². The Balaban J connectivity index is 2.24. The number of carbonyl (C=O) groups excluding carboxylic acids is 2. The van der Waals surface area contributed by atoms with Crippen LogP contribution in [0.3, 0.4) is 0 Å². The number of hydrogen-bond acceptors (Lipinski definition) is 3. The Morgan fingerprint density at radius 3 is 2.50 bits per heavy atom. The van der Waals surface area contributed by atoms with Gasteiger partial charge in [-0.2, -0.15) is 0 Å². The van der Waals surface area contributed by atoms with E-state index in [0.717, 1.165) is 32.4 Å². The third-order valence-electron chi connectivity index (χ3n) is 3.37. The number of amides is 2. The van der Waals surface area contributed by atoms with E-state index in [9.17, 15) is 9.59 Å². The van der Waals surface area contributed by atoms with E-state index in [-0.39, 0.29) is 11.8 Å². The standard InChI is InChI=1S/C13H25N3O2/c1-3-7-13(2,14)12(18)15-8-6-11(17)16-9-4-5-10-16/h3-10,14H2,1-2H3,(H,15,18). The smallest absolute Gasteiger partial charge is 0.239 e. The number of nitrogens with one attached hydrogen (secondary N) is 1. The first-order chi connectivity index (χ1) is 8.47. The summed E-state index contributed by atoms with van der Waals surface area (Å²) in [6, 6.07) is 0. The number of rotatable bonds is 6. The molecule has 0 aliphatic carbocycles. The lowest BCUT2D eigenvalue weighted by atomic mass is 9.96. The van der Waals surface area contributed by atoms with Gasteiger partial charge in [-0.05, 0) is 26.2 Å². The highest BCUT2D eigenvalue weighted by Crippen LogP contribution is 2.10. The van der Waals surface area contributed by atoms with Crippen LogP contribution in [0.2, 0.25) is 0 Å². The van der Waals surface area contributed by atoms with Crippen LogP contribution in [0, 0.1) is 0 Å². The Labute approximate surface area is 109 Å². The first-order valence-electron chi connectivity index (χ1n) is 6.82. The summed E-state index contributed by atoms with van der Waals surface area (Å²) in [6.07, 6.45) is 4.07. The van der Waals surface area contributed by atoms with Crippen molar-refractivity contribution in [2.45, 2.75) is 51.5 Å². The molecule has 1 heterocycles. The Kier molecular flexibility index (Phi) is 5.59. The average molecular weight is 255 g/mol. The lowest BCUT2D eigenvalue weighted by Gasteiger charge is -2.23. The van der Waals surface area contributed by atoms with Crippen LogP contribution in [0.4, 0.5) is 0 Å². The zero-order valence-corrected chi connectivity index (χ0v) is 11.5. The molecule has 1 aliphatic heterocycles. The van der Waals surface area contributed by atoms with Gasteiger partial charge in [-0.25, -0.2) is 0 Å². The largest absolute Gasteiger partial charge is 0.354 e. The molecule has 1 aliphatic rings. The van der Waals surface area contributed by atoms with Gasteiger partial charge in [-0.3, -0.25) is 9.59 Å². The monoisotopic (exact) mass is 255 g/mol. The molecule has 1 atom stereocenters. The van der Waals surface area contributed by atoms with Gasteiger partial charge in [-0.15, -0.1) is 0 Å². The van der Waals surface area contributed by atoms with E-state index in [1.54, 1.807) is 6.92 Å². The molecule has 0 bridgehead atoms. The van der Waals surface area contributed by atoms with E-state index in [1.165, 1.54) is 0 Å². The number of nitrogens with two attached hydrogens (primary N) is 1. The molecule has 1 rings (SSSR count). The van der Waals surface area contributed by atoms with Gasteiger partial charge in [0, 0.05) is 26.1 Å². The van der Waals surface area contributed by atoms with Gasteiger partial charge in [0.05, 0.1) is 5.54 Å². The summed E-state index contributed by atoms with van der Waals surface area (Å²) in [6.45, 7) is 5.82. The highest BCUT2D eigenvalue weighted by Gasteiger charge is 2.27. The first-order valence-corrected chi connectivity index (χ1v) is 6.82. The molecular formula is C13H25N3O2. The van der Waals surface area contributed by atoms with E-state index in [4.69, 9.17) is 5.73 Å². The molecular weight excluding hydrogens is 230 g/mol. The molecule has 1 saturated heterocycles. The summed E-state index contributed by atoms with van der Waals surface area (Å²) in [7, 11) is 0. The van der Waals surface area contributed by atoms with E-state index in [0.29, 0.717) is 19.4 Å². The van der Waals surface area contributed by atoms with E-state index in [1.807, 2.05) is 11.8 Å². The van der Waals surface area contributed by atoms with Crippen molar-refractivity contribution in [2.75, 3.05) is 19.6 Å². The summed E-state index contributed by atoms with van der Waals surface area (Å²) < 4.78 is 0. The predicted octanol–water partition coefficient (Wildman–Crippen LogP) is 0.633. The van der Waals surface area contributed by atoms with Crippen molar-refractivity contribution >= 4 is 11.8 Å². The topological polar surface area (TPSA) is 75.4 Å². The minimum atomic E-state index is -0.828. The molecule has 0 aromatic heterocycles. The third kappa shape index (κ3) is 4.29. The Hall–Kier alpha value is -1.10. The van der Waals surface area contributed by atoms with Crippen LogP contribution in [0.25, 0.3) is 0 Å². The molecule has 1 unspecified atom stereocenters. The predicted molar refractivity (Wildman–Crippen MR) is 70.9 cm³/mol. The summed E-state index contributed by atoms with van der Waals surface area (Å²) in [5.41, 5.74) is 5.07. The molecule has 0 spiro atoms. The fourth-order valence-electron chi connectivity index (χ4n) is 2.24. The minimum absolute atomic E-state index is 0.127. The maximum Gasteiger partial charge on any atom is 0.239 e. The van der Waals surface area contributed by atoms with Gasteiger partial charge in [0.2, 0.25) is 11.8 Å². The maximum absolute atomic E-state index is 11.8. The molecule has 2 amide bonds. The van der Waals surface area contributed by atoms with Crippen LogP contribution in [0.15, 0.2) is 0 Å². The van der Waals surface area contributed by atoms with Crippen LogP contribution in [-0.2, 0) is 9.59 Å². The summed E-state index contributed by atoms with van der Waals surface area (Å²) in [4.78, 5) is 25.4. The molecule has 3 N–H and O–H groups in total. The van der Waals surface area contributed by atoms with Crippen molar-refractivity contribution in [3.8, 4) is 0 Å². The number of hydrogen-bond donors (Lipinski definition) is 2. The van der Waals surface area contributed by atoms with Crippen LogP contribution in [0.1, 0.15) is 46.0 Å². The lowest BCUT2D eigenvalue weighted by Crippen LogP contribution is -2.52. The van der Waals surface area contributed by atoms with E-state index >= 15 is 0 Å². The van der Waals surface area contributed by atoms with Crippen LogP contribution < -0.4 is 11.1 Å². The normalized spacial score (nSPS) is 18.5. The molecule has 0 aromatic rings. The number of nitrogens with zero attached hydrogens (tertiary/aromatic N) is 1. The van der Waals surface area contributed by atoms with E-state index < -0.39 is 5.54 Å².